The van der Waals surface area contributed by atoms with Gasteiger partial charge < -0.3 is 19.9 Å². The molecule has 0 fully saturated rings. The van der Waals surface area contributed by atoms with Crippen LogP contribution in [0.1, 0.15) is 25.7 Å². The Morgan fingerprint density at radius 3 is 2.68 bits per heavy atom. The van der Waals surface area contributed by atoms with E-state index in [1.165, 1.54) is 14.0 Å². The van der Waals surface area contributed by atoms with Gasteiger partial charge in [0.15, 0.2) is 0 Å². The van der Waals surface area contributed by atoms with E-state index in [0.717, 1.165) is 5.82 Å². The van der Waals surface area contributed by atoms with E-state index in [0.29, 0.717) is 0 Å². The lowest BCUT2D eigenvalue weighted by atomic mass is 10.2. The fourth-order valence-corrected chi connectivity index (χ4v) is 1.65. The minimum Gasteiger partial charge on any atom is -0.467 e. The van der Waals surface area contributed by atoms with E-state index < -0.39 is 12.0 Å². The molecule has 0 saturated heterocycles. The van der Waals surface area contributed by atoms with Gasteiger partial charge in [-0.3, -0.25) is 4.79 Å². The van der Waals surface area contributed by atoms with Crippen LogP contribution >= 0.6 is 0 Å². The summed E-state index contributed by atoms with van der Waals surface area (Å²) < 4.78 is 6.41. The van der Waals surface area contributed by atoms with E-state index in [4.69, 9.17) is 0 Å². The van der Waals surface area contributed by atoms with Gasteiger partial charge in [-0.15, -0.1) is 10.2 Å². The molecule has 1 rings (SSSR count). The Kier molecular flexibility index (Phi) is 5.43. The zero-order valence-corrected chi connectivity index (χ0v) is 11.5. The van der Waals surface area contributed by atoms with E-state index in [-0.39, 0.29) is 18.5 Å². The van der Waals surface area contributed by atoms with Crippen LogP contribution in [-0.4, -0.2) is 46.3 Å². The average Bonchev–Trinajstić information content (AvgIpc) is 2.79. The summed E-state index contributed by atoms with van der Waals surface area (Å²) in [4.78, 5) is 22.5. The molecule has 1 amide bonds. The standard InChI is InChI=1S/C11H19N5O3/c1-7(10-15-13-6-16(10)3)12-5-9(11(18)19-4)14-8(2)17/h6-7,9,12H,5H2,1-4H3,(H,14,17). The third-order valence-electron chi connectivity index (χ3n) is 2.63. The van der Waals surface area contributed by atoms with Crippen LogP contribution in [0.15, 0.2) is 6.33 Å². The van der Waals surface area contributed by atoms with Crippen molar-refractivity contribution < 1.29 is 14.3 Å². The Hall–Kier alpha value is -1.96. The van der Waals surface area contributed by atoms with Crippen molar-refractivity contribution >= 4 is 11.9 Å². The zero-order valence-electron chi connectivity index (χ0n) is 11.5. The van der Waals surface area contributed by atoms with Gasteiger partial charge in [-0.05, 0) is 6.92 Å². The smallest absolute Gasteiger partial charge is 0.329 e. The van der Waals surface area contributed by atoms with Gasteiger partial charge in [-0.25, -0.2) is 4.79 Å². The Balaban J connectivity index is 2.58. The quantitative estimate of drug-likeness (QED) is 0.652. The Bertz CT molecular complexity index is 445. The highest BCUT2D eigenvalue weighted by Crippen LogP contribution is 2.06. The maximum Gasteiger partial charge on any atom is 0.329 e. The van der Waals surface area contributed by atoms with Crippen LogP contribution in [-0.2, 0) is 21.4 Å². The normalized spacial score (nSPS) is 13.7. The van der Waals surface area contributed by atoms with Crippen LogP contribution in [0.2, 0.25) is 0 Å². The fraction of sp³-hybridized carbons (Fsp3) is 0.636. The minimum absolute atomic E-state index is 0.103. The number of carbonyl (C=O) groups excluding carboxylic acids is 2. The summed E-state index contributed by atoms with van der Waals surface area (Å²) >= 11 is 0. The van der Waals surface area contributed by atoms with Crippen molar-refractivity contribution in [1.29, 1.82) is 0 Å². The molecule has 8 nitrogen and oxygen atoms in total. The molecule has 2 unspecified atom stereocenters. The molecule has 0 saturated carbocycles. The summed E-state index contributed by atoms with van der Waals surface area (Å²) in [5.74, 6) is -0.0391. The van der Waals surface area contributed by atoms with E-state index in [9.17, 15) is 9.59 Å². The van der Waals surface area contributed by atoms with Gasteiger partial charge in [0.2, 0.25) is 5.91 Å². The molecule has 0 aromatic carbocycles. The van der Waals surface area contributed by atoms with Crippen LogP contribution in [0.4, 0.5) is 0 Å². The van der Waals surface area contributed by atoms with E-state index >= 15 is 0 Å². The van der Waals surface area contributed by atoms with Crippen molar-refractivity contribution in [3.8, 4) is 0 Å². The molecule has 0 radical (unpaired) electrons. The third kappa shape index (κ3) is 4.32. The topological polar surface area (TPSA) is 98.1 Å². The predicted octanol–water partition coefficient (Wildman–Crippen LogP) is -0.857. The molecular weight excluding hydrogens is 250 g/mol. The van der Waals surface area contributed by atoms with Crippen molar-refractivity contribution in [2.45, 2.75) is 25.9 Å². The highest BCUT2D eigenvalue weighted by atomic mass is 16.5. The number of hydrogen-bond acceptors (Lipinski definition) is 6. The summed E-state index contributed by atoms with van der Waals surface area (Å²) in [7, 11) is 3.11. The van der Waals surface area contributed by atoms with Crippen LogP contribution < -0.4 is 10.6 Å². The summed E-state index contributed by atoms with van der Waals surface area (Å²) in [5, 5.41) is 13.4. The lowest BCUT2D eigenvalue weighted by Gasteiger charge is -2.19. The number of methoxy groups -OCH3 is 1. The number of rotatable bonds is 6. The molecule has 8 heteroatoms. The van der Waals surface area contributed by atoms with Crippen LogP contribution in [0.5, 0.6) is 0 Å². The van der Waals surface area contributed by atoms with Gasteiger partial charge in [-0.2, -0.15) is 0 Å². The SMILES string of the molecule is COC(=O)C(CNC(C)c1nncn1C)NC(C)=O. The fourth-order valence-electron chi connectivity index (χ4n) is 1.65. The maximum atomic E-state index is 11.5. The van der Waals surface area contributed by atoms with Crippen molar-refractivity contribution in [3.63, 3.8) is 0 Å². The molecule has 2 atom stereocenters. The highest BCUT2D eigenvalue weighted by Gasteiger charge is 2.21. The third-order valence-corrected chi connectivity index (χ3v) is 2.63. The van der Waals surface area contributed by atoms with Gasteiger partial charge in [0.1, 0.15) is 18.2 Å². The number of hydrogen-bond donors (Lipinski definition) is 2. The van der Waals surface area contributed by atoms with Crippen molar-refractivity contribution in [2.75, 3.05) is 13.7 Å². The molecule has 106 valence electrons. The van der Waals surface area contributed by atoms with Gasteiger partial charge in [0.05, 0.1) is 13.2 Å². The second kappa shape index (κ2) is 6.83. The van der Waals surface area contributed by atoms with Gasteiger partial charge >= 0.3 is 5.97 Å². The highest BCUT2D eigenvalue weighted by molar-refractivity contribution is 5.83. The van der Waals surface area contributed by atoms with Crippen LogP contribution in [0, 0.1) is 0 Å². The number of nitrogens with one attached hydrogen (secondary N) is 2. The number of carbonyl (C=O) groups is 2. The molecule has 0 aliphatic carbocycles. The first-order chi connectivity index (χ1) is 8.95. The summed E-state index contributed by atoms with van der Waals surface area (Å²) in [6, 6.07) is -0.827. The molecule has 1 aromatic heterocycles. The van der Waals surface area contributed by atoms with E-state index in [2.05, 4.69) is 25.6 Å². The predicted molar refractivity (Wildman–Crippen MR) is 67.0 cm³/mol. The van der Waals surface area contributed by atoms with Gasteiger partial charge in [0, 0.05) is 20.5 Å². The molecular formula is C11H19N5O3. The molecule has 0 spiro atoms. The number of aryl methyl sites for hydroxylation is 1. The molecule has 1 aromatic rings. The molecule has 1 heterocycles. The monoisotopic (exact) mass is 269 g/mol. The van der Waals surface area contributed by atoms with Crippen molar-refractivity contribution in [1.82, 2.24) is 25.4 Å². The van der Waals surface area contributed by atoms with Crippen LogP contribution in [0.3, 0.4) is 0 Å². The first-order valence-corrected chi connectivity index (χ1v) is 5.88. The largest absolute Gasteiger partial charge is 0.467 e. The zero-order chi connectivity index (χ0) is 14.4. The van der Waals surface area contributed by atoms with Gasteiger partial charge in [0.25, 0.3) is 0 Å². The Morgan fingerprint density at radius 1 is 1.53 bits per heavy atom. The second-order valence-corrected chi connectivity index (χ2v) is 4.21. The lowest BCUT2D eigenvalue weighted by Crippen LogP contribution is -2.47. The molecule has 0 aliphatic heterocycles. The van der Waals surface area contributed by atoms with Crippen molar-refractivity contribution in [2.24, 2.45) is 7.05 Å². The first-order valence-electron chi connectivity index (χ1n) is 5.88. The number of amides is 1. The summed E-state index contributed by atoms with van der Waals surface area (Å²) in [5.41, 5.74) is 0. The van der Waals surface area contributed by atoms with E-state index in [1.807, 2.05) is 14.0 Å². The van der Waals surface area contributed by atoms with Crippen LogP contribution in [0.25, 0.3) is 0 Å². The molecule has 2 N–H and O–H groups in total. The first kappa shape index (κ1) is 15.1. The average molecular weight is 269 g/mol. The Labute approximate surface area is 111 Å². The number of aromatic nitrogens is 3. The molecule has 19 heavy (non-hydrogen) atoms. The lowest BCUT2D eigenvalue weighted by molar-refractivity contribution is -0.144. The number of ether oxygens (including phenoxy) is 1. The minimum atomic E-state index is -0.724. The molecule has 0 aliphatic rings. The summed E-state index contributed by atoms with van der Waals surface area (Å²) in [6.45, 7) is 3.49. The Morgan fingerprint density at radius 2 is 2.21 bits per heavy atom. The molecule has 0 bridgehead atoms. The number of nitrogens with zero attached hydrogens (tertiary/aromatic N) is 3. The van der Waals surface area contributed by atoms with Gasteiger partial charge in [-0.1, -0.05) is 0 Å². The van der Waals surface area contributed by atoms with Crippen molar-refractivity contribution in [3.05, 3.63) is 12.2 Å². The number of esters is 1. The summed E-state index contributed by atoms with van der Waals surface area (Å²) in [6.07, 6.45) is 1.60. The maximum absolute atomic E-state index is 11.5. The second-order valence-electron chi connectivity index (χ2n) is 4.21. The van der Waals surface area contributed by atoms with E-state index in [1.54, 1.807) is 10.9 Å².